The second-order valence-corrected chi connectivity index (χ2v) is 6.16. The standard InChI is InChI=1S/C9H22N4O2S/c1-7(2)6-12-16(14,15)13(4)8(3)5-9(10)11/h7-8,12H,5-6H2,1-4H3,(H3,10,11). The lowest BCUT2D eigenvalue weighted by atomic mass is 10.2. The average Bonchev–Trinajstić information content (AvgIpc) is 2.12. The highest BCUT2D eigenvalue weighted by molar-refractivity contribution is 7.87. The van der Waals surface area contributed by atoms with E-state index in [0.717, 1.165) is 0 Å². The molecule has 4 N–H and O–H groups in total. The first-order valence-electron chi connectivity index (χ1n) is 5.22. The summed E-state index contributed by atoms with van der Waals surface area (Å²) < 4.78 is 27.2. The van der Waals surface area contributed by atoms with Crippen molar-refractivity contribution in [2.24, 2.45) is 11.7 Å². The average molecular weight is 250 g/mol. The highest BCUT2D eigenvalue weighted by atomic mass is 32.2. The Morgan fingerprint density at radius 1 is 1.44 bits per heavy atom. The van der Waals surface area contributed by atoms with Crippen LogP contribution in [0, 0.1) is 11.3 Å². The van der Waals surface area contributed by atoms with Gasteiger partial charge < -0.3 is 5.73 Å². The first kappa shape index (κ1) is 15.3. The molecule has 0 aromatic rings. The lowest BCUT2D eigenvalue weighted by Crippen LogP contribution is -2.45. The predicted molar refractivity (Wildman–Crippen MR) is 65.5 cm³/mol. The van der Waals surface area contributed by atoms with Crippen LogP contribution in [-0.2, 0) is 10.2 Å². The minimum absolute atomic E-state index is 0.0154. The maximum absolute atomic E-state index is 11.8. The number of nitrogens with one attached hydrogen (secondary N) is 2. The Kier molecular flexibility index (Phi) is 5.91. The molecule has 0 heterocycles. The van der Waals surface area contributed by atoms with Crippen molar-refractivity contribution in [1.82, 2.24) is 9.03 Å². The topological polar surface area (TPSA) is 99.3 Å². The van der Waals surface area contributed by atoms with Crippen molar-refractivity contribution in [2.75, 3.05) is 13.6 Å². The van der Waals surface area contributed by atoms with Crippen LogP contribution in [-0.4, -0.2) is 38.2 Å². The molecule has 0 aliphatic carbocycles. The van der Waals surface area contributed by atoms with Gasteiger partial charge in [0, 0.05) is 26.1 Å². The van der Waals surface area contributed by atoms with E-state index in [4.69, 9.17) is 11.1 Å². The quantitative estimate of drug-likeness (QED) is 0.442. The molecule has 16 heavy (non-hydrogen) atoms. The largest absolute Gasteiger partial charge is 0.388 e. The van der Waals surface area contributed by atoms with E-state index < -0.39 is 10.2 Å². The molecule has 0 aromatic carbocycles. The van der Waals surface area contributed by atoms with E-state index in [2.05, 4.69) is 4.72 Å². The molecule has 7 heteroatoms. The SMILES string of the molecule is CC(C)CNS(=O)(=O)N(C)C(C)CC(=N)N. The van der Waals surface area contributed by atoms with Gasteiger partial charge in [-0.3, -0.25) is 5.41 Å². The fourth-order valence-corrected chi connectivity index (χ4v) is 2.35. The van der Waals surface area contributed by atoms with E-state index in [9.17, 15) is 8.42 Å². The van der Waals surface area contributed by atoms with E-state index in [1.165, 1.54) is 11.4 Å². The summed E-state index contributed by atoms with van der Waals surface area (Å²) >= 11 is 0. The van der Waals surface area contributed by atoms with Crippen LogP contribution in [0.4, 0.5) is 0 Å². The summed E-state index contributed by atoms with van der Waals surface area (Å²) in [5.74, 6) is 0.240. The first-order chi connectivity index (χ1) is 7.16. The molecule has 0 spiro atoms. The van der Waals surface area contributed by atoms with Gasteiger partial charge in [-0.25, -0.2) is 4.72 Å². The summed E-state index contributed by atoms with van der Waals surface area (Å²) in [6, 6.07) is -0.317. The smallest absolute Gasteiger partial charge is 0.279 e. The molecule has 0 aliphatic heterocycles. The fourth-order valence-electron chi connectivity index (χ4n) is 1.06. The number of hydrogen-bond acceptors (Lipinski definition) is 3. The van der Waals surface area contributed by atoms with Gasteiger partial charge in [0.1, 0.15) is 0 Å². The van der Waals surface area contributed by atoms with Gasteiger partial charge in [-0.2, -0.15) is 12.7 Å². The molecule has 1 unspecified atom stereocenters. The number of nitrogens with zero attached hydrogens (tertiary/aromatic N) is 1. The summed E-state index contributed by atoms with van der Waals surface area (Å²) in [5, 5.41) is 7.13. The molecule has 6 nitrogen and oxygen atoms in total. The summed E-state index contributed by atoms with van der Waals surface area (Å²) in [6.07, 6.45) is 0.235. The Morgan fingerprint density at radius 3 is 2.31 bits per heavy atom. The molecular formula is C9H22N4O2S. The van der Waals surface area contributed by atoms with Crippen molar-refractivity contribution >= 4 is 16.0 Å². The highest BCUT2D eigenvalue weighted by Gasteiger charge is 2.23. The molecule has 0 amide bonds. The second-order valence-electron chi connectivity index (χ2n) is 4.34. The Hall–Kier alpha value is -0.660. The molecule has 0 saturated carbocycles. The van der Waals surface area contributed by atoms with E-state index in [0.29, 0.717) is 6.54 Å². The maximum atomic E-state index is 11.8. The van der Waals surface area contributed by atoms with Crippen molar-refractivity contribution in [2.45, 2.75) is 33.2 Å². The van der Waals surface area contributed by atoms with Crippen molar-refractivity contribution in [3.8, 4) is 0 Å². The van der Waals surface area contributed by atoms with Crippen molar-refractivity contribution in [3.05, 3.63) is 0 Å². The Morgan fingerprint density at radius 2 is 1.94 bits per heavy atom. The third kappa shape index (κ3) is 5.43. The van der Waals surface area contributed by atoms with E-state index in [1.54, 1.807) is 6.92 Å². The van der Waals surface area contributed by atoms with Crippen molar-refractivity contribution in [1.29, 1.82) is 5.41 Å². The van der Waals surface area contributed by atoms with Crippen LogP contribution in [0.3, 0.4) is 0 Å². The van der Waals surface area contributed by atoms with Crippen LogP contribution < -0.4 is 10.5 Å². The van der Waals surface area contributed by atoms with Crippen LogP contribution in [0.2, 0.25) is 0 Å². The first-order valence-corrected chi connectivity index (χ1v) is 6.66. The van der Waals surface area contributed by atoms with Gasteiger partial charge in [0.25, 0.3) is 10.2 Å². The molecular weight excluding hydrogens is 228 g/mol. The zero-order valence-electron chi connectivity index (χ0n) is 10.3. The summed E-state index contributed by atoms with van der Waals surface area (Å²) in [5.41, 5.74) is 5.24. The highest BCUT2D eigenvalue weighted by Crippen LogP contribution is 2.06. The number of amidine groups is 1. The van der Waals surface area contributed by atoms with E-state index in [1.807, 2.05) is 13.8 Å². The van der Waals surface area contributed by atoms with Crippen LogP contribution in [0.1, 0.15) is 27.2 Å². The Balaban J connectivity index is 4.45. The van der Waals surface area contributed by atoms with Crippen LogP contribution in [0.25, 0.3) is 0 Å². The summed E-state index contributed by atoms with van der Waals surface area (Å²) in [4.78, 5) is 0. The molecule has 1 atom stereocenters. The molecule has 0 aliphatic rings. The van der Waals surface area contributed by atoms with Gasteiger partial charge in [-0.15, -0.1) is 0 Å². The molecule has 0 radical (unpaired) electrons. The number of rotatable bonds is 7. The number of hydrogen-bond donors (Lipinski definition) is 3. The van der Waals surface area contributed by atoms with Gasteiger partial charge in [-0.05, 0) is 12.8 Å². The van der Waals surface area contributed by atoms with Gasteiger partial charge in [-0.1, -0.05) is 13.8 Å². The fraction of sp³-hybridized carbons (Fsp3) is 0.889. The Bertz CT molecular complexity index is 326. The van der Waals surface area contributed by atoms with Gasteiger partial charge in [0.2, 0.25) is 0 Å². The van der Waals surface area contributed by atoms with Crippen LogP contribution >= 0.6 is 0 Å². The van der Waals surface area contributed by atoms with Crippen LogP contribution in [0.5, 0.6) is 0 Å². The van der Waals surface area contributed by atoms with Crippen LogP contribution in [0.15, 0.2) is 0 Å². The predicted octanol–water partition coefficient (Wildman–Crippen LogP) is 0.123. The zero-order chi connectivity index (χ0) is 12.9. The molecule has 0 aromatic heterocycles. The molecule has 0 fully saturated rings. The van der Waals surface area contributed by atoms with Crippen molar-refractivity contribution < 1.29 is 8.42 Å². The van der Waals surface area contributed by atoms with Crippen molar-refractivity contribution in [3.63, 3.8) is 0 Å². The van der Waals surface area contributed by atoms with Gasteiger partial charge >= 0.3 is 0 Å². The maximum Gasteiger partial charge on any atom is 0.279 e. The van der Waals surface area contributed by atoms with Gasteiger partial charge in [0.15, 0.2) is 0 Å². The minimum Gasteiger partial charge on any atom is -0.388 e. The third-order valence-electron chi connectivity index (χ3n) is 2.19. The monoisotopic (exact) mass is 250 g/mol. The third-order valence-corrected chi connectivity index (χ3v) is 3.84. The molecule has 0 rings (SSSR count). The lowest BCUT2D eigenvalue weighted by molar-refractivity contribution is 0.386. The Labute approximate surface area is 97.9 Å². The zero-order valence-corrected chi connectivity index (χ0v) is 11.1. The van der Waals surface area contributed by atoms with Gasteiger partial charge in [0.05, 0.1) is 5.84 Å². The second kappa shape index (κ2) is 6.17. The minimum atomic E-state index is -3.47. The van der Waals surface area contributed by atoms with E-state index >= 15 is 0 Å². The summed E-state index contributed by atoms with van der Waals surface area (Å²) in [6.45, 7) is 5.98. The lowest BCUT2D eigenvalue weighted by Gasteiger charge is -2.24. The molecule has 96 valence electrons. The summed E-state index contributed by atoms with van der Waals surface area (Å²) in [7, 11) is -1.99. The molecule has 0 saturated heterocycles. The number of nitrogens with two attached hydrogens (primary N) is 1. The molecule has 0 bridgehead atoms. The van der Waals surface area contributed by atoms with E-state index in [-0.39, 0.29) is 24.2 Å². The normalized spacial score (nSPS) is 14.4.